The fraction of sp³-hybridized carbons (Fsp3) is 0.467. The monoisotopic (exact) mass is 356 g/mol. The number of hydrogen-bond acceptors (Lipinski definition) is 2. The summed E-state index contributed by atoms with van der Waals surface area (Å²) < 4.78 is 0.856. The van der Waals surface area contributed by atoms with Gasteiger partial charge in [-0.2, -0.15) is 0 Å². The molecular formula is C15H21BrN2OS. The zero-order chi connectivity index (χ0) is 15.3. The molecule has 0 aliphatic rings. The average Bonchev–Trinajstić information content (AvgIpc) is 2.36. The molecule has 0 aromatic heterocycles. The summed E-state index contributed by atoms with van der Waals surface area (Å²) in [4.78, 5) is 14.9. The van der Waals surface area contributed by atoms with Gasteiger partial charge in [0.2, 0.25) is 0 Å². The van der Waals surface area contributed by atoms with Crippen LogP contribution in [0.4, 0.5) is 0 Å². The van der Waals surface area contributed by atoms with Crippen LogP contribution >= 0.6 is 28.1 Å². The highest BCUT2D eigenvalue weighted by molar-refractivity contribution is 9.10. The number of carbonyl (C=O) groups is 1. The number of benzene rings is 1. The molecule has 110 valence electrons. The van der Waals surface area contributed by atoms with Gasteiger partial charge in [-0.1, -0.05) is 38.2 Å². The molecule has 0 fully saturated rings. The summed E-state index contributed by atoms with van der Waals surface area (Å²) in [7, 11) is 0. The van der Waals surface area contributed by atoms with Crippen molar-refractivity contribution >= 4 is 39.0 Å². The Morgan fingerprint density at radius 2 is 2.10 bits per heavy atom. The Hall–Kier alpha value is -0.940. The Balaban J connectivity index is 2.96. The van der Waals surface area contributed by atoms with E-state index in [1.54, 1.807) is 0 Å². The zero-order valence-electron chi connectivity index (χ0n) is 12.1. The van der Waals surface area contributed by atoms with E-state index < -0.39 is 0 Å². The Labute approximate surface area is 134 Å². The summed E-state index contributed by atoms with van der Waals surface area (Å²) in [5.41, 5.74) is 7.29. The second kappa shape index (κ2) is 7.74. The highest BCUT2D eigenvalue weighted by atomic mass is 79.9. The van der Waals surface area contributed by atoms with Crippen molar-refractivity contribution in [3.63, 3.8) is 0 Å². The fourth-order valence-corrected chi connectivity index (χ4v) is 2.47. The van der Waals surface area contributed by atoms with Gasteiger partial charge in [0, 0.05) is 24.0 Å². The molecule has 0 saturated carbocycles. The van der Waals surface area contributed by atoms with Gasteiger partial charge in [-0.25, -0.2) is 0 Å². The summed E-state index contributed by atoms with van der Waals surface area (Å²) in [6.45, 7) is 7.41. The van der Waals surface area contributed by atoms with Gasteiger partial charge in [0.15, 0.2) is 0 Å². The number of rotatable bonds is 6. The van der Waals surface area contributed by atoms with Crippen molar-refractivity contribution in [1.82, 2.24) is 4.90 Å². The number of halogens is 1. The molecule has 1 aromatic carbocycles. The first-order valence-corrected chi connectivity index (χ1v) is 7.85. The molecule has 2 N–H and O–H groups in total. The van der Waals surface area contributed by atoms with Gasteiger partial charge < -0.3 is 10.6 Å². The lowest BCUT2D eigenvalue weighted by Gasteiger charge is -2.25. The number of nitrogens with zero attached hydrogens (tertiary/aromatic N) is 1. The van der Waals surface area contributed by atoms with Gasteiger partial charge in [-0.05, 0) is 40.4 Å². The van der Waals surface area contributed by atoms with Crippen molar-refractivity contribution in [1.29, 1.82) is 0 Å². The highest BCUT2D eigenvalue weighted by Gasteiger charge is 2.19. The van der Waals surface area contributed by atoms with Gasteiger partial charge in [-0.3, -0.25) is 4.79 Å². The van der Waals surface area contributed by atoms with E-state index in [-0.39, 0.29) is 5.91 Å². The Morgan fingerprint density at radius 3 is 2.65 bits per heavy atom. The molecule has 3 nitrogen and oxygen atoms in total. The molecule has 5 heteroatoms. The highest BCUT2D eigenvalue weighted by Crippen LogP contribution is 2.23. The molecule has 20 heavy (non-hydrogen) atoms. The largest absolute Gasteiger partial charge is 0.393 e. The molecule has 0 unspecified atom stereocenters. The predicted molar refractivity (Wildman–Crippen MR) is 91.0 cm³/mol. The van der Waals surface area contributed by atoms with Crippen molar-refractivity contribution in [2.45, 2.75) is 27.2 Å². The maximum atomic E-state index is 12.7. The van der Waals surface area contributed by atoms with E-state index in [0.717, 1.165) is 10.0 Å². The minimum Gasteiger partial charge on any atom is -0.393 e. The summed E-state index contributed by atoms with van der Waals surface area (Å²) in [6.07, 6.45) is 0.553. The third kappa shape index (κ3) is 4.87. The third-order valence-electron chi connectivity index (χ3n) is 2.92. The second-order valence-electron chi connectivity index (χ2n) is 5.30. The van der Waals surface area contributed by atoms with Crippen molar-refractivity contribution in [3.8, 4) is 0 Å². The maximum absolute atomic E-state index is 12.7. The van der Waals surface area contributed by atoms with Gasteiger partial charge in [0.25, 0.3) is 5.91 Å². The number of hydrogen-bond donors (Lipinski definition) is 1. The molecular weight excluding hydrogens is 336 g/mol. The minimum absolute atomic E-state index is 0.0190. The van der Waals surface area contributed by atoms with Gasteiger partial charge in [0.05, 0.1) is 10.6 Å². The van der Waals surface area contributed by atoms with E-state index in [9.17, 15) is 4.79 Å². The Bertz CT molecular complexity index is 503. The Kier molecular flexibility index (Phi) is 6.62. The number of nitrogens with two attached hydrogens (primary N) is 1. The molecule has 0 heterocycles. The molecule has 0 atom stereocenters. The van der Waals surface area contributed by atoms with E-state index in [0.29, 0.717) is 36.0 Å². The lowest BCUT2D eigenvalue weighted by atomic mass is 10.1. The van der Waals surface area contributed by atoms with Crippen molar-refractivity contribution < 1.29 is 4.79 Å². The van der Waals surface area contributed by atoms with Crippen LogP contribution < -0.4 is 5.73 Å². The lowest BCUT2D eigenvalue weighted by molar-refractivity contribution is 0.0740. The van der Waals surface area contributed by atoms with Gasteiger partial charge >= 0.3 is 0 Å². The molecule has 0 spiro atoms. The van der Waals surface area contributed by atoms with Crippen LogP contribution in [-0.2, 0) is 0 Å². The van der Waals surface area contributed by atoms with E-state index >= 15 is 0 Å². The average molecular weight is 357 g/mol. The van der Waals surface area contributed by atoms with Gasteiger partial charge in [0.1, 0.15) is 0 Å². The van der Waals surface area contributed by atoms with Crippen molar-refractivity contribution in [3.05, 3.63) is 33.8 Å². The van der Waals surface area contributed by atoms with E-state index in [4.69, 9.17) is 18.0 Å². The van der Waals surface area contributed by atoms with Crippen LogP contribution in [0.25, 0.3) is 0 Å². The van der Waals surface area contributed by atoms with Crippen LogP contribution in [0.5, 0.6) is 0 Å². The number of amides is 1. The lowest BCUT2D eigenvalue weighted by Crippen LogP contribution is -2.36. The topological polar surface area (TPSA) is 46.3 Å². The third-order valence-corrected chi connectivity index (χ3v) is 4.18. The van der Waals surface area contributed by atoms with Crippen LogP contribution in [0.15, 0.2) is 22.7 Å². The standard InChI is InChI=1S/C15H21BrN2OS/c1-10(2)9-18(8-7-13(17)20)15(19)12-6-4-5-11(3)14(12)16/h4-6,10H,7-9H2,1-3H3,(H2,17,20). The molecule has 1 amide bonds. The summed E-state index contributed by atoms with van der Waals surface area (Å²) in [6, 6.07) is 5.71. The molecule has 1 rings (SSSR count). The normalized spacial score (nSPS) is 10.7. The summed E-state index contributed by atoms with van der Waals surface area (Å²) in [5.74, 6) is 0.416. The summed E-state index contributed by atoms with van der Waals surface area (Å²) in [5, 5.41) is 0. The zero-order valence-corrected chi connectivity index (χ0v) is 14.6. The molecule has 0 aliphatic heterocycles. The number of carbonyl (C=O) groups excluding carboxylic acids is 1. The molecule has 0 radical (unpaired) electrons. The van der Waals surface area contributed by atoms with Crippen LogP contribution in [0.3, 0.4) is 0 Å². The fourth-order valence-electron chi connectivity index (χ4n) is 1.94. The predicted octanol–water partition coefficient (Wildman–Crippen LogP) is 3.53. The van der Waals surface area contributed by atoms with Gasteiger partial charge in [-0.15, -0.1) is 0 Å². The van der Waals surface area contributed by atoms with Crippen molar-refractivity contribution in [2.75, 3.05) is 13.1 Å². The number of thiocarbonyl (C=S) groups is 1. The van der Waals surface area contributed by atoms with Crippen LogP contribution in [0.2, 0.25) is 0 Å². The number of aryl methyl sites for hydroxylation is 1. The second-order valence-corrected chi connectivity index (χ2v) is 6.62. The first-order chi connectivity index (χ1) is 9.32. The van der Waals surface area contributed by atoms with E-state index in [1.165, 1.54) is 0 Å². The van der Waals surface area contributed by atoms with Crippen LogP contribution in [-0.4, -0.2) is 28.9 Å². The molecule has 1 aromatic rings. The van der Waals surface area contributed by atoms with E-state index in [2.05, 4.69) is 29.8 Å². The summed E-state index contributed by atoms with van der Waals surface area (Å²) >= 11 is 8.41. The van der Waals surface area contributed by atoms with E-state index in [1.807, 2.05) is 30.0 Å². The first kappa shape index (κ1) is 17.1. The quantitative estimate of drug-likeness (QED) is 0.793. The molecule has 0 bridgehead atoms. The van der Waals surface area contributed by atoms with Crippen LogP contribution in [0, 0.1) is 12.8 Å². The maximum Gasteiger partial charge on any atom is 0.255 e. The SMILES string of the molecule is Cc1cccc(C(=O)N(CCC(N)=S)CC(C)C)c1Br. The molecule has 0 saturated heterocycles. The van der Waals surface area contributed by atoms with Crippen molar-refractivity contribution in [2.24, 2.45) is 11.7 Å². The smallest absolute Gasteiger partial charge is 0.255 e. The molecule has 0 aliphatic carbocycles. The Morgan fingerprint density at radius 1 is 1.45 bits per heavy atom. The minimum atomic E-state index is 0.0190. The van der Waals surface area contributed by atoms with Crippen LogP contribution in [0.1, 0.15) is 36.2 Å². The first-order valence-electron chi connectivity index (χ1n) is 6.65.